The lowest BCUT2D eigenvalue weighted by Gasteiger charge is -2.11. The molecule has 182 valence electrons. The molecule has 0 atom stereocenters. The summed E-state index contributed by atoms with van der Waals surface area (Å²) in [5.74, 6) is -0.0125. The minimum atomic E-state index is -0.636. The molecule has 0 saturated carbocycles. The predicted molar refractivity (Wildman–Crippen MR) is 133 cm³/mol. The van der Waals surface area contributed by atoms with E-state index in [1.807, 2.05) is 0 Å². The monoisotopic (exact) mass is 487 g/mol. The maximum Gasteiger partial charge on any atom is 0.269 e. The molecule has 2 aromatic carbocycles. The van der Waals surface area contributed by atoms with Gasteiger partial charge < -0.3 is 26.0 Å². The van der Waals surface area contributed by atoms with Gasteiger partial charge in [0.1, 0.15) is 17.2 Å². The van der Waals surface area contributed by atoms with Crippen molar-refractivity contribution in [3.05, 3.63) is 84.6 Å². The number of aromatic nitrogens is 3. The van der Waals surface area contributed by atoms with Gasteiger partial charge in [0.2, 0.25) is 11.9 Å². The second kappa shape index (κ2) is 10.9. The molecule has 0 radical (unpaired) electrons. The van der Waals surface area contributed by atoms with E-state index in [1.54, 1.807) is 54.6 Å². The molecule has 2 aromatic heterocycles. The fraction of sp³-hybridized carbons (Fsp3) is 0.0800. The van der Waals surface area contributed by atoms with Crippen LogP contribution in [0.1, 0.15) is 17.4 Å². The third-order valence-electron chi connectivity index (χ3n) is 4.73. The zero-order valence-corrected chi connectivity index (χ0v) is 19.4. The number of hydrogen-bond acceptors (Lipinski definition) is 8. The largest absolute Gasteiger partial charge is 0.457 e. The second-order valence-corrected chi connectivity index (χ2v) is 7.48. The van der Waals surface area contributed by atoms with Gasteiger partial charge in [0.05, 0.1) is 6.20 Å². The molecule has 0 fully saturated rings. The summed E-state index contributed by atoms with van der Waals surface area (Å²) in [5.41, 5.74) is 2.00. The maximum atomic E-state index is 14.3. The zero-order valence-electron chi connectivity index (χ0n) is 19.4. The Morgan fingerprint density at radius 2 is 1.67 bits per heavy atom. The predicted octanol–water partition coefficient (Wildman–Crippen LogP) is 4.61. The van der Waals surface area contributed by atoms with E-state index in [4.69, 9.17) is 4.74 Å². The van der Waals surface area contributed by atoms with Crippen molar-refractivity contribution in [3.8, 4) is 11.5 Å². The van der Waals surface area contributed by atoms with Crippen molar-refractivity contribution in [1.82, 2.24) is 20.3 Å². The number of pyridine rings is 1. The molecule has 11 heteroatoms. The van der Waals surface area contributed by atoms with Crippen LogP contribution >= 0.6 is 0 Å². The number of halogens is 1. The third-order valence-corrected chi connectivity index (χ3v) is 4.73. The Hall–Kier alpha value is -5.06. The topological polar surface area (TPSA) is 130 Å². The van der Waals surface area contributed by atoms with Gasteiger partial charge in [-0.05, 0) is 48.5 Å². The number of carbonyl (C=O) groups excluding carboxylic acids is 2. The smallest absolute Gasteiger partial charge is 0.269 e. The number of benzene rings is 2. The van der Waals surface area contributed by atoms with Crippen LogP contribution in [-0.4, -0.2) is 33.8 Å². The molecule has 0 spiro atoms. The number of amides is 2. The van der Waals surface area contributed by atoms with Crippen LogP contribution in [0.2, 0.25) is 0 Å². The van der Waals surface area contributed by atoms with E-state index in [-0.39, 0.29) is 29.3 Å². The highest BCUT2D eigenvalue weighted by Gasteiger charge is 2.10. The van der Waals surface area contributed by atoms with E-state index in [9.17, 15) is 14.0 Å². The Labute approximate surface area is 206 Å². The Morgan fingerprint density at radius 3 is 2.42 bits per heavy atom. The minimum Gasteiger partial charge on any atom is -0.457 e. The molecular weight excluding hydrogens is 465 g/mol. The van der Waals surface area contributed by atoms with Gasteiger partial charge in [-0.15, -0.1) is 0 Å². The fourth-order valence-corrected chi connectivity index (χ4v) is 3.13. The number of ether oxygens (including phenoxy) is 1. The first-order chi connectivity index (χ1) is 17.4. The van der Waals surface area contributed by atoms with E-state index >= 15 is 0 Å². The molecule has 4 rings (SSSR count). The SMILES string of the molecule is CNC(=O)c1cc(Oc2ccc(Nc3ncc(F)c(Nc4cccc(NC(C)=O)c4)n3)cc2)ccn1. The van der Waals surface area contributed by atoms with Gasteiger partial charge in [-0.25, -0.2) is 9.37 Å². The number of rotatable bonds is 8. The van der Waals surface area contributed by atoms with Crippen LogP contribution in [0.3, 0.4) is 0 Å². The van der Waals surface area contributed by atoms with Crippen molar-refractivity contribution in [2.45, 2.75) is 6.92 Å². The van der Waals surface area contributed by atoms with Gasteiger partial charge in [0.25, 0.3) is 5.91 Å². The van der Waals surface area contributed by atoms with Gasteiger partial charge in [-0.3, -0.25) is 14.6 Å². The minimum absolute atomic E-state index is 0.0305. The lowest BCUT2D eigenvalue weighted by atomic mass is 10.2. The van der Waals surface area contributed by atoms with Crippen LogP contribution in [0.15, 0.2) is 73.1 Å². The van der Waals surface area contributed by atoms with Crippen molar-refractivity contribution in [2.75, 3.05) is 23.0 Å². The van der Waals surface area contributed by atoms with E-state index in [1.165, 1.54) is 26.2 Å². The maximum absolute atomic E-state index is 14.3. The Morgan fingerprint density at radius 1 is 0.889 bits per heavy atom. The van der Waals surface area contributed by atoms with Crippen LogP contribution in [0.4, 0.5) is 33.2 Å². The summed E-state index contributed by atoms with van der Waals surface area (Å²) >= 11 is 0. The highest BCUT2D eigenvalue weighted by Crippen LogP contribution is 2.26. The molecule has 10 nitrogen and oxygen atoms in total. The zero-order chi connectivity index (χ0) is 25.5. The van der Waals surface area contributed by atoms with Gasteiger partial charge in [0.15, 0.2) is 11.6 Å². The normalized spacial score (nSPS) is 10.3. The summed E-state index contributed by atoms with van der Waals surface area (Å²) < 4.78 is 20.1. The molecule has 0 unspecified atom stereocenters. The number of carbonyl (C=O) groups is 2. The van der Waals surface area contributed by atoms with Gasteiger partial charge in [-0.1, -0.05) is 6.07 Å². The second-order valence-electron chi connectivity index (χ2n) is 7.48. The first-order valence-electron chi connectivity index (χ1n) is 10.8. The average Bonchev–Trinajstić information content (AvgIpc) is 2.87. The highest BCUT2D eigenvalue weighted by molar-refractivity contribution is 5.92. The van der Waals surface area contributed by atoms with Gasteiger partial charge >= 0.3 is 0 Å². The molecule has 0 aliphatic heterocycles. The molecule has 0 bridgehead atoms. The molecule has 0 aliphatic rings. The number of nitrogens with one attached hydrogen (secondary N) is 4. The Kier molecular flexibility index (Phi) is 7.30. The van der Waals surface area contributed by atoms with Gasteiger partial charge in [0, 0.05) is 43.3 Å². The molecule has 4 N–H and O–H groups in total. The number of anilines is 5. The summed E-state index contributed by atoms with van der Waals surface area (Å²) in [4.78, 5) is 35.2. The standard InChI is InChI=1S/C25H22FN7O3/c1-15(34)30-17-4-3-5-18(12-17)31-23-21(26)14-29-25(33-23)32-16-6-8-19(9-7-16)36-20-10-11-28-22(13-20)24(35)27-2/h3-14H,1-2H3,(H,27,35)(H,30,34)(H2,29,31,32,33). The summed E-state index contributed by atoms with van der Waals surface area (Å²) in [6.07, 6.45) is 2.55. The van der Waals surface area contributed by atoms with Crippen molar-refractivity contribution < 1.29 is 18.7 Å². The quantitative estimate of drug-likeness (QED) is 0.284. The molecule has 4 aromatic rings. The third kappa shape index (κ3) is 6.29. The highest BCUT2D eigenvalue weighted by atomic mass is 19.1. The lowest BCUT2D eigenvalue weighted by molar-refractivity contribution is -0.114. The van der Waals surface area contributed by atoms with Crippen LogP contribution in [0.5, 0.6) is 11.5 Å². The number of nitrogens with zero attached hydrogens (tertiary/aromatic N) is 3. The fourth-order valence-electron chi connectivity index (χ4n) is 3.13. The van der Waals surface area contributed by atoms with Crippen LogP contribution < -0.4 is 26.0 Å². The summed E-state index contributed by atoms with van der Waals surface area (Å²) in [5, 5.41) is 11.1. The van der Waals surface area contributed by atoms with Crippen LogP contribution in [0, 0.1) is 5.82 Å². The molecule has 2 heterocycles. The van der Waals surface area contributed by atoms with E-state index in [0.717, 1.165) is 6.20 Å². The van der Waals surface area contributed by atoms with Crippen molar-refractivity contribution >= 4 is 40.6 Å². The van der Waals surface area contributed by atoms with Crippen LogP contribution in [0.25, 0.3) is 0 Å². The van der Waals surface area contributed by atoms with E-state index < -0.39 is 5.82 Å². The first kappa shape index (κ1) is 24.1. The molecule has 0 saturated heterocycles. The summed E-state index contributed by atoms with van der Waals surface area (Å²) in [7, 11) is 1.53. The molecular formula is C25H22FN7O3. The summed E-state index contributed by atoms with van der Waals surface area (Å²) in [6, 6.07) is 16.9. The average molecular weight is 487 g/mol. The Bertz CT molecular complexity index is 1400. The van der Waals surface area contributed by atoms with Crippen molar-refractivity contribution in [3.63, 3.8) is 0 Å². The van der Waals surface area contributed by atoms with Crippen LogP contribution in [-0.2, 0) is 4.79 Å². The van der Waals surface area contributed by atoms with Gasteiger partial charge in [-0.2, -0.15) is 4.98 Å². The van der Waals surface area contributed by atoms with Crippen molar-refractivity contribution in [1.29, 1.82) is 0 Å². The lowest BCUT2D eigenvalue weighted by Crippen LogP contribution is -2.18. The Balaban J connectivity index is 1.43. The molecule has 0 aliphatic carbocycles. The van der Waals surface area contributed by atoms with E-state index in [0.29, 0.717) is 28.6 Å². The molecule has 36 heavy (non-hydrogen) atoms. The first-order valence-corrected chi connectivity index (χ1v) is 10.8. The summed E-state index contributed by atoms with van der Waals surface area (Å²) in [6.45, 7) is 1.41. The number of hydrogen-bond donors (Lipinski definition) is 4. The van der Waals surface area contributed by atoms with E-state index in [2.05, 4.69) is 36.2 Å². The molecule has 2 amide bonds. The van der Waals surface area contributed by atoms with Crippen molar-refractivity contribution in [2.24, 2.45) is 0 Å².